The number of aromatic amines is 1. The summed E-state index contributed by atoms with van der Waals surface area (Å²) < 4.78 is 1.77. The Hall–Kier alpha value is -1.81. The van der Waals surface area contributed by atoms with E-state index in [1.54, 1.807) is 10.9 Å². The van der Waals surface area contributed by atoms with Gasteiger partial charge >= 0.3 is 0 Å². The third-order valence-corrected chi connectivity index (χ3v) is 2.85. The molecule has 0 saturated heterocycles. The Labute approximate surface area is 96.9 Å². The van der Waals surface area contributed by atoms with Gasteiger partial charge in [-0.15, -0.1) is 0 Å². The molecule has 0 amide bonds. The molecule has 0 saturated carbocycles. The van der Waals surface area contributed by atoms with E-state index in [0.717, 1.165) is 22.0 Å². The Bertz CT molecular complexity index is 653. The molecule has 0 atom stereocenters. The highest BCUT2D eigenvalue weighted by atomic mass is 35.5. The first-order chi connectivity index (χ1) is 7.75. The molecule has 16 heavy (non-hydrogen) atoms. The minimum atomic E-state index is 0.493. The summed E-state index contributed by atoms with van der Waals surface area (Å²) in [5.41, 5.74) is 2.94. The topological polar surface area (TPSA) is 46.5 Å². The average molecular weight is 233 g/mol. The van der Waals surface area contributed by atoms with E-state index in [2.05, 4.69) is 15.1 Å². The molecule has 0 aromatic carbocycles. The maximum atomic E-state index is 6.00. The highest BCUT2D eigenvalue weighted by Crippen LogP contribution is 2.30. The van der Waals surface area contributed by atoms with Crippen molar-refractivity contribution in [3.8, 4) is 11.1 Å². The molecular weight excluding hydrogens is 224 g/mol. The van der Waals surface area contributed by atoms with Gasteiger partial charge in [0.25, 0.3) is 0 Å². The van der Waals surface area contributed by atoms with Crippen LogP contribution in [0.1, 0.15) is 0 Å². The van der Waals surface area contributed by atoms with Crippen LogP contribution in [0, 0.1) is 0 Å². The molecule has 0 unspecified atom stereocenters. The number of fused-ring (bicyclic) bond motifs is 1. The Balaban J connectivity index is 2.32. The maximum Gasteiger partial charge on any atom is 0.153 e. The molecule has 80 valence electrons. The summed E-state index contributed by atoms with van der Waals surface area (Å²) in [7, 11) is 1.89. The van der Waals surface area contributed by atoms with Gasteiger partial charge in [0.2, 0.25) is 0 Å². The lowest BCUT2D eigenvalue weighted by Gasteiger charge is -2.00. The van der Waals surface area contributed by atoms with Crippen LogP contribution >= 0.6 is 11.6 Å². The number of aromatic nitrogens is 4. The lowest BCUT2D eigenvalue weighted by Crippen LogP contribution is -1.85. The third kappa shape index (κ3) is 1.31. The van der Waals surface area contributed by atoms with E-state index in [1.807, 2.05) is 31.7 Å². The molecular formula is C11H9ClN4. The fraction of sp³-hybridized carbons (Fsp3) is 0.0909. The number of hydrogen-bond donors (Lipinski definition) is 1. The molecule has 1 N–H and O–H groups in total. The van der Waals surface area contributed by atoms with Crippen LogP contribution in [0.5, 0.6) is 0 Å². The van der Waals surface area contributed by atoms with Gasteiger partial charge in [0.15, 0.2) is 5.15 Å². The normalized spacial score (nSPS) is 11.1. The van der Waals surface area contributed by atoms with Crippen molar-refractivity contribution in [2.75, 3.05) is 0 Å². The number of nitrogens with one attached hydrogen (secondary N) is 1. The number of H-pyrrole nitrogens is 1. The highest BCUT2D eigenvalue weighted by Gasteiger charge is 2.09. The van der Waals surface area contributed by atoms with Crippen LogP contribution in [0.25, 0.3) is 22.0 Å². The van der Waals surface area contributed by atoms with Crippen LogP contribution in [-0.2, 0) is 7.05 Å². The van der Waals surface area contributed by atoms with Gasteiger partial charge in [-0.1, -0.05) is 11.6 Å². The lowest BCUT2D eigenvalue weighted by atomic mass is 10.1. The summed E-state index contributed by atoms with van der Waals surface area (Å²) in [5, 5.41) is 5.71. The fourth-order valence-corrected chi connectivity index (χ4v) is 2.02. The van der Waals surface area contributed by atoms with Crippen molar-refractivity contribution in [3.63, 3.8) is 0 Å². The molecule has 3 aromatic rings. The highest BCUT2D eigenvalue weighted by molar-refractivity contribution is 6.34. The van der Waals surface area contributed by atoms with Crippen molar-refractivity contribution >= 4 is 22.5 Å². The minimum Gasteiger partial charge on any atom is -0.359 e. The smallest absolute Gasteiger partial charge is 0.153 e. The predicted molar refractivity (Wildman–Crippen MR) is 63.3 cm³/mol. The van der Waals surface area contributed by atoms with E-state index in [4.69, 9.17) is 11.6 Å². The molecule has 0 aliphatic heterocycles. The summed E-state index contributed by atoms with van der Waals surface area (Å²) in [6.07, 6.45) is 7.41. The zero-order valence-electron chi connectivity index (χ0n) is 8.61. The minimum absolute atomic E-state index is 0.493. The molecule has 4 nitrogen and oxygen atoms in total. The molecule has 0 radical (unpaired) electrons. The molecule has 3 aromatic heterocycles. The second-order valence-corrected chi connectivity index (χ2v) is 3.99. The summed E-state index contributed by atoms with van der Waals surface area (Å²) >= 11 is 6.00. The Kier molecular flexibility index (Phi) is 1.97. The van der Waals surface area contributed by atoms with Crippen molar-refractivity contribution in [1.29, 1.82) is 0 Å². The van der Waals surface area contributed by atoms with Gasteiger partial charge in [0.05, 0.1) is 11.7 Å². The van der Waals surface area contributed by atoms with Gasteiger partial charge in [0, 0.05) is 42.2 Å². The van der Waals surface area contributed by atoms with Gasteiger partial charge < -0.3 is 4.98 Å². The fourth-order valence-electron chi connectivity index (χ4n) is 1.81. The predicted octanol–water partition coefficient (Wildman–Crippen LogP) is 2.62. The summed E-state index contributed by atoms with van der Waals surface area (Å²) in [5.74, 6) is 0. The standard InChI is InChI=1S/C11H9ClN4/c1-16-6-7(4-15-16)9-5-14-11(12)10-8(9)2-3-13-10/h2-6,13H,1H3. The van der Waals surface area contributed by atoms with E-state index in [1.165, 1.54) is 0 Å². The van der Waals surface area contributed by atoms with E-state index in [0.29, 0.717) is 5.15 Å². The molecule has 0 spiro atoms. The van der Waals surface area contributed by atoms with Crippen molar-refractivity contribution in [2.24, 2.45) is 7.05 Å². The second-order valence-electron chi connectivity index (χ2n) is 3.63. The van der Waals surface area contributed by atoms with E-state index < -0.39 is 0 Å². The molecule has 3 heterocycles. The van der Waals surface area contributed by atoms with Gasteiger partial charge in [-0.2, -0.15) is 5.10 Å². The number of hydrogen-bond acceptors (Lipinski definition) is 2. The quantitative estimate of drug-likeness (QED) is 0.656. The summed E-state index contributed by atoms with van der Waals surface area (Å²) in [4.78, 5) is 7.25. The van der Waals surface area contributed by atoms with Gasteiger partial charge in [-0.05, 0) is 6.07 Å². The van der Waals surface area contributed by atoms with Crippen LogP contribution in [-0.4, -0.2) is 19.7 Å². The van der Waals surface area contributed by atoms with Crippen molar-refractivity contribution < 1.29 is 0 Å². The monoisotopic (exact) mass is 232 g/mol. The molecule has 0 aliphatic rings. The van der Waals surface area contributed by atoms with Crippen molar-refractivity contribution in [3.05, 3.63) is 36.0 Å². The molecule has 0 fully saturated rings. The van der Waals surface area contributed by atoms with Gasteiger partial charge in [0.1, 0.15) is 0 Å². The first kappa shape index (κ1) is 9.42. The van der Waals surface area contributed by atoms with Crippen molar-refractivity contribution in [1.82, 2.24) is 19.7 Å². The zero-order chi connectivity index (χ0) is 11.1. The zero-order valence-corrected chi connectivity index (χ0v) is 9.36. The Morgan fingerprint density at radius 1 is 1.38 bits per heavy atom. The number of pyridine rings is 1. The Morgan fingerprint density at radius 2 is 2.25 bits per heavy atom. The number of rotatable bonds is 1. The van der Waals surface area contributed by atoms with Crippen molar-refractivity contribution in [2.45, 2.75) is 0 Å². The molecule has 0 aliphatic carbocycles. The van der Waals surface area contributed by atoms with Gasteiger partial charge in [-0.25, -0.2) is 4.98 Å². The maximum absolute atomic E-state index is 6.00. The van der Waals surface area contributed by atoms with Crippen LogP contribution < -0.4 is 0 Å². The van der Waals surface area contributed by atoms with E-state index in [-0.39, 0.29) is 0 Å². The summed E-state index contributed by atoms with van der Waals surface area (Å²) in [6.45, 7) is 0. The largest absolute Gasteiger partial charge is 0.359 e. The first-order valence-corrected chi connectivity index (χ1v) is 5.24. The van der Waals surface area contributed by atoms with Crippen LogP contribution in [0.3, 0.4) is 0 Å². The van der Waals surface area contributed by atoms with E-state index in [9.17, 15) is 0 Å². The number of nitrogens with zero attached hydrogens (tertiary/aromatic N) is 3. The second kappa shape index (κ2) is 3.35. The molecule has 3 rings (SSSR count). The van der Waals surface area contributed by atoms with Crippen LogP contribution in [0.2, 0.25) is 5.15 Å². The van der Waals surface area contributed by atoms with Crippen LogP contribution in [0.15, 0.2) is 30.9 Å². The Morgan fingerprint density at radius 3 is 3.00 bits per heavy atom. The number of aryl methyl sites for hydroxylation is 1. The average Bonchev–Trinajstić information content (AvgIpc) is 2.87. The van der Waals surface area contributed by atoms with Gasteiger partial charge in [-0.3, -0.25) is 4.68 Å². The SMILES string of the molecule is Cn1cc(-c2cnc(Cl)c3[nH]ccc23)cn1. The third-order valence-electron chi connectivity index (χ3n) is 2.57. The molecule has 0 bridgehead atoms. The lowest BCUT2D eigenvalue weighted by molar-refractivity contribution is 0.768. The number of halogens is 1. The first-order valence-electron chi connectivity index (χ1n) is 4.86. The van der Waals surface area contributed by atoms with E-state index >= 15 is 0 Å². The summed E-state index contributed by atoms with van der Waals surface area (Å²) in [6, 6.07) is 1.99. The van der Waals surface area contributed by atoms with Crippen LogP contribution in [0.4, 0.5) is 0 Å². The molecule has 5 heteroatoms.